The molecule has 33 heavy (non-hydrogen) atoms. The van der Waals surface area contributed by atoms with Gasteiger partial charge in [0.2, 0.25) is 10.0 Å². The molecule has 0 spiro atoms. The van der Waals surface area contributed by atoms with Crippen LogP contribution in [-0.4, -0.2) is 37.1 Å². The highest BCUT2D eigenvalue weighted by atomic mass is 32.2. The number of benzene rings is 1. The van der Waals surface area contributed by atoms with Crippen molar-refractivity contribution in [2.45, 2.75) is 76.2 Å². The quantitative estimate of drug-likeness (QED) is 0.612. The van der Waals surface area contributed by atoms with Gasteiger partial charge in [0.15, 0.2) is 0 Å². The summed E-state index contributed by atoms with van der Waals surface area (Å²) in [5, 5.41) is 3.32. The van der Waals surface area contributed by atoms with Crippen molar-refractivity contribution in [3.63, 3.8) is 0 Å². The van der Waals surface area contributed by atoms with Crippen LogP contribution in [-0.2, 0) is 22.9 Å². The van der Waals surface area contributed by atoms with Crippen LogP contribution in [0.3, 0.4) is 0 Å². The van der Waals surface area contributed by atoms with Gasteiger partial charge in [0.1, 0.15) is 5.00 Å². The summed E-state index contributed by atoms with van der Waals surface area (Å²) in [5.41, 5.74) is 7.98. The number of rotatable bonds is 5. The Balaban J connectivity index is 1.66. The zero-order valence-electron chi connectivity index (χ0n) is 19.1. The number of carbonyl (C=O) groups is 2. The Hall–Kier alpha value is -2.23. The highest BCUT2D eigenvalue weighted by Gasteiger charge is 2.32. The molecule has 2 aromatic rings. The topological polar surface area (TPSA) is 110 Å². The van der Waals surface area contributed by atoms with Crippen molar-refractivity contribution in [3.05, 3.63) is 45.3 Å². The lowest BCUT2D eigenvalue weighted by Crippen LogP contribution is -2.42. The molecular weight excluding hydrogens is 458 g/mol. The van der Waals surface area contributed by atoms with E-state index in [9.17, 15) is 18.0 Å². The Morgan fingerprint density at radius 2 is 1.88 bits per heavy atom. The number of sulfonamides is 1. The first-order chi connectivity index (χ1) is 15.7. The van der Waals surface area contributed by atoms with Crippen LogP contribution in [0.15, 0.2) is 23.1 Å². The number of hydrogen-bond acceptors (Lipinski definition) is 5. The van der Waals surface area contributed by atoms with Gasteiger partial charge in [0, 0.05) is 23.0 Å². The summed E-state index contributed by atoms with van der Waals surface area (Å²) in [7, 11) is -3.70. The number of primary amides is 1. The molecule has 9 heteroatoms. The lowest BCUT2D eigenvalue weighted by atomic mass is 10.0. The van der Waals surface area contributed by atoms with Crippen LogP contribution in [0.25, 0.3) is 0 Å². The molecule has 1 fully saturated rings. The second-order valence-electron chi connectivity index (χ2n) is 9.02. The predicted octanol–water partition coefficient (Wildman–Crippen LogP) is 4.24. The fourth-order valence-electron chi connectivity index (χ4n) is 4.83. The van der Waals surface area contributed by atoms with E-state index in [0.717, 1.165) is 61.8 Å². The summed E-state index contributed by atoms with van der Waals surface area (Å²) in [6.07, 6.45) is 7.48. The van der Waals surface area contributed by atoms with E-state index in [1.807, 2.05) is 6.92 Å². The molecule has 2 aliphatic rings. The van der Waals surface area contributed by atoms with E-state index in [1.165, 1.54) is 21.7 Å². The normalized spacial score (nSPS) is 19.5. The third kappa shape index (κ3) is 4.72. The van der Waals surface area contributed by atoms with E-state index < -0.39 is 21.8 Å². The SMILES string of the molecule is Cc1ccc(S(=O)(=O)N2CCCCC2C)cc1C(=O)Nc1sc2c(c1C(N)=O)CCCCC2. The number of nitrogens with one attached hydrogen (secondary N) is 1. The van der Waals surface area contributed by atoms with Crippen molar-refractivity contribution in [3.8, 4) is 0 Å². The van der Waals surface area contributed by atoms with Gasteiger partial charge >= 0.3 is 0 Å². The number of nitrogens with two attached hydrogens (primary N) is 1. The van der Waals surface area contributed by atoms with Crippen molar-refractivity contribution in [1.29, 1.82) is 0 Å². The number of thiophene rings is 1. The number of anilines is 1. The molecule has 2 heterocycles. The number of piperidine rings is 1. The molecule has 1 unspecified atom stereocenters. The van der Waals surface area contributed by atoms with E-state index in [0.29, 0.717) is 22.7 Å². The van der Waals surface area contributed by atoms with Gasteiger partial charge in [-0.3, -0.25) is 9.59 Å². The Kier molecular flexibility index (Phi) is 6.93. The number of amides is 2. The molecule has 4 rings (SSSR count). The van der Waals surface area contributed by atoms with Crippen molar-refractivity contribution in [2.24, 2.45) is 5.73 Å². The van der Waals surface area contributed by atoms with Gasteiger partial charge in [-0.2, -0.15) is 4.31 Å². The van der Waals surface area contributed by atoms with Crippen LogP contribution in [0.5, 0.6) is 0 Å². The molecule has 2 amide bonds. The van der Waals surface area contributed by atoms with Gasteiger partial charge in [-0.1, -0.05) is 18.9 Å². The van der Waals surface area contributed by atoms with Crippen LogP contribution in [0.1, 0.15) is 82.2 Å². The molecular formula is C24H31N3O4S2. The molecule has 0 bridgehead atoms. The van der Waals surface area contributed by atoms with Crippen molar-refractivity contribution in [2.75, 3.05) is 11.9 Å². The maximum Gasteiger partial charge on any atom is 0.256 e. The van der Waals surface area contributed by atoms with Crippen LogP contribution in [0, 0.1) is 6.92 Å². The second-order valence-corrected chi connectivity index (χ2v) is 12.0. The molecule has 7 nitrogen and oxygen atoms in total. The maximum atomic E-state index is 13.3. The molecule has 1 saturated heterocycles. The molecule has 3 N–H and O–H groups in total. The fraction of sp³-hybridized carbons (Fsp3) is 0.500. The van der Waals surface area contributed by atoms with Gasteiger partial charge in [0.25, 0.3) is 11.8 Å². The first-order valence-corrected chi connectivity index (χ1v) is 13.8. The van der Waals surface area contributed by atoms with Gasteiger partial charge in [-0.05, 0) is 75.6 Å². The number of carbonyl (C=O) groups excluding carboxylic acids is 2. The van der Waals surface area contributed by atoms with E-state index in [1.54, 1.807) is 19.1 Å². The summed E-state index contributed by atoms with van der Waals surface area (Å²) in [4.78, 5) is 26.7. The van der Waals surface area contributed by atoms with Crippen molar-refractivity contribution < 1.29 is 18.0 Å². The van der Waals surface area contributed by atoms with E-state index >= 15 is 0 Å². The average molecular weight is 490 g/mol. The Morgan fingerprint density at radius 1 is 1.12 bits per heavy atom. The molecule has 1 atom stereocenters. The van der Waals surface area contributed by atoms with E-state index in [-0.39, 0.29) is 16.5 Å². The zero-order valence-corrected chi connectivity index (χ0v) is 20.8. The molecule has 0 radical (unpaired) electrons. The van der Waals surface area contributed by atoms with E-state index in [4.69, 9.17) is 5.73 Å². The lowest BCUT2D eigenvalue weighted by molar-refractivity contribution is 0.100. The van der Waals surface area contributed by atoms with Crippen LogP contribution in [0.2, 0.25) is 0 Å². The van der Waals surface area contributed by atoms with Crippen molar-refractivity contribution >= 4 is 38.2 Å². The lowest BCUT2D eigenvalue weighted by Gasteiger charge is -2.32. The van der Waals surface area contributed by atoms with E-state index in [2.05, 4.69) is 5.32 Å². The summed E-state index contributed by atoms with van der Waals surface area (Å²) >= 11 is 1.41. The Labute approximate surface area is 199 Å². The number of fused-ring (bicyclic) bond motifs is 1. The minimum absolute atomic E-state index is 0.0676. The third-order valence-electron chi connectivity index (χ3n) is 6.70. The summed E-state index contributed by atoms with van der Waals surface area (Å²) < 4.78 is 28.1. The first kappa shape index (κ1) is 23.9. The summed E-state index contributed by atoms with van der Waals surface area (Å²) in [5.74, 6) is -0.980. The van der Waals surface area contributed by atoms with Gasteiger partial charge < -0.3 is 11.1 Å². The zero-order chi connectivity index (χ0) is 23.8. The Morgan fingerprint density at radius 3 is 2.61 bits per heavy atom. The molecule has 1 aliphatic heterocycles. The van der Waals surface area contributed by atoms with Gasteiger partial charge in [-0.15, -0.1) is 11.3 Å². The predicted molar refractivity (Wildman–Crippen MR) is 130 cm³/mol. The molecule has 1 aromatic carbocycles. The monoisotopic (exact) mass is 489 g/mol. The number of nitrogens with zero attached hydrogens (tertiary/aromatic N) is 1. The average Bonchev–Trinajstić information content (AvgIpc) is 2.94. The highest BCUT2D eigenvalue weighted by Crippen LogP contribution is 2.37. The molecule has 178 valence electrons. The maximum absolute atomic E-state index is 13.3. The van der Waals surface area contributed by atoms with Crippen LogP contribution >= 0.6 is 11.3 Å². The minimum Gasteiger partial charge on any atom is -0.365 e. The van der Waals surface area contributed by atoms with Gasteiger partial charge in [0.05, 0.1) is 10.5 Å². The number of aryl methyl sites for hydroxylation is 2. The molecule has 0 saturated carbocycles. The summed E-state index contributed by atoms with van der Waals surface area (Å²) in [6.45, 7) is 4.18. The Bertz CT molecular complexity index is 1190. The fourth-order valence-corrected chi connectivity index (χ4v) is 7.85. The highest BCUT2D eigenvalue weighted by molar-refractivity contribution is 7.89. The van der Waals surface area contributed by atoms with Gasteiger partial charge in [-0.25, -0.2) is 8.42 Å². The largest absolute Gasteiger partial charge is 0.365 e. The first-order valence-electron chi connectivity index (χ1n) is 11.6. The molecule has 1 aliphatic carbocycles. The number of hydrogen-bond donors (Lipinski definition) is 2. The van der Waals surface area contributed by atoms with Crippen LogP contribution < -0.4 is 11.1 Å². The smallest absolute Gasteiger partial charge is 0.256 e. The summed E-state index contributed by atoms with van der Waals surface area (Å²) in [6, 6.07) is 4.60. The minimum atomic E-state index is -3.70. The standard InChI is InChI=1S/C24H31N3O4S2/c1-15-11-12-17(33(30,31)27-13-7-6-8-16(27)2)14-19(15)23(29)26-24-21(22(25)28)18-9-4-3-5-10-20(18)32-24/h11-12,14,16H,3-10,13H2,1-2H3,(H2,25,28)(H,26,29). The molecule has 1 aromatic heterocycles. The van der Waals surface area contributed by atoms with Crippen LogP contribution in [0.4, 0.5) is 5.00 Å². The third-order valence-corrected chi connectivity index (χ3v) is 9.91. The second kappa shape index (κ2) is 9.56. The van der Waals surface area contributed by atoms with Crippen molar-refractivity contribution in [1.82, 2.24) is 4.31 Å².